The molecule has 0 aromatic carbocycles. The van der Waals surface area contributed by atoms with E-state index in [-0.39, 0.29) is 5.78 Å². The maximum absolute atomic E-state index is 11.0. The average molecular weight is 178 g/mol. The van der Waals surface area contributed by atoms with Gasteiger partial charge in [-0.15, -0.1) is 0 Å². The number of H-pyrrole nitrogens is 1. The van der Waals surface area contributed by atoms with Crippen molar-refractivity contribution >= 4 is 11.7 Å². The highest BCUT2D eigenvalue weighted by Gasteiger charge is 2.10. The van der Waals surface area contributed by atoms with E-state index in [2.05, 4.69) is 20.5 Å². The van der Waals surface area contributed by atoms with Crippen LogP contribution in [0.3, 0.4) is 0 Å². The highest BCUT2D eigenvalue weighted by molar-refractivity contribution is 5.91. The summed E-state index contributed by atoms with van der Waals surface area (Å²) < 4.78 is 0. The van der Waals surface area contributed by atoms with Crippen molar-refractivity contribution in [1.29, 1.82) is 0 Å². The summed E-state index contributed by atoms with van der Waals surface area (Å²) in [6.07, 6.45) is 5.51. The van der Waals surface area contributed by atoms with Crippen LogP contribution in [0.1, 0.15) is 19.3 Å². The summed E-state index contributed by atoms with van der Waals surface area (Å²) in [5.74, 6) is 0.759. The second-order valence-electron chi connectivity index (χ2n) is 2.95. The molecule has 0 fully saturated rings. The molecule has 0 unspecified atom stereocenters. The van der Waals surface area contributed by atoms with Gasteiger partial charge in [-0.2, -0.15) is 10.1 Å². The first-order valence-corrected chi connectivity index (χ1v) is 4.20. The monoisotopic (exact) mass is 178 g/mol. The van der Waals surface area contributed by atoms with Crippen LogP contribution in [0, 0.1) is 0 Å². The highest BCUT2D eigenvalue weighted by atomic mass is 16.1. The molecule has 2 rings (SSSR count). The lowest BCUT2D eigenvalue weighted by Crippen LogP contribution is -2.09. The molecule has 0 saturated heterocycles. The lowest BCUT2D eigenvalue weighted by Gasteiger charge is -2.11. The molecule has 0 aliphatic heterocycles. The number of carbonyl (C=O) groups excluding carboxylic acids is 1. The van der Waals surface area contributed by atoms with Crippen molar-refractivity contribution in [2.45, 2.75) is 19.3 Å². The van der Waals surface area contributed by atoms with Crippen LogP contribution in [0.15, 0.2) is 18.1 Å². The van der Waals surface area contributed by atoms with E-state index in [4.69, 9.17) is 0 Å². The fraction of sp³-hybridized carbons (Fsp3) is 0.375. The van der Waals surface area contributed by atoms with Gasteiger partial charge in [0.1, 0.15) is 6.33 Å². The molecule has 1 aliphatic carbocycles. The fourth-order valence-electron chi connectivity index (χ4n) is 1.31. The Bertz CT molecular complexity index is 328. The third-order valence-corrected chi connectivity index (χ3v) is 1.90. The molecule has 5 heteroatoms. The first-order valence-electron chi connectivity index (χ1n) is 4.20. The van der Waals surface area contributed by atoms with Crippen LogP contribution >= 0.6 is 0 Å². The van der Waals surface area contributed by atoms with Crippen LogP contribution < -0.4 is 5.32 Å². The SMILES string of the molecule is O=C1C=C(Nc2ncn[nH]2)CCC1. The fourth-order valence-corrected chi connectivity index (χ4v) is 1.31. The van der Waals surface area contributed by atoms with E-state index in [1.807, 2.05) is 0 Å². The molecule has 0 bridgehead atoms. The van der Waals surface area contributed by atoms with Gasteiger partial charge in [-0.1, -0.05) is 0 Å². The van der Waals surface area contributed by atoms with Crippen LogP contribution in [0.2, 0.25) is 0 Å². The van der Waals surface area contributed by atoms with E-state index in [9.17, 15) is 4.79 Å². The molecule has 1 aromatic rings. The zero-order valence-corrected chi connectivity index (χ0v) is 7.08. The zero-order chi connectivity index (χ0) is 9.10. The Kier molecular flexibility index (Phi) is 2.08. The quantitative estimate of drug-likeness (QED) is 0.704. The minimum atomic E-state index is 0.174. The van der Waals surface area contributed by atoms with Crippen LogP contribution in [0.5, 0.6) is 0 Å². The van der Waals surface area contributed by atoms with Crippen molar-refractivity contribution in [3.63, 3.8) is 0 Å². The average Bonchev–Trinajstić information content (AvgIpc) is 2.57. The molecule has 13 heavy (non-hydrogen) atoms. The molecule has 0 spiro atoms. The van der Waals surface area contributed by atoms with Crippen molar-refractivity contribution in [2.75, 3.05) is 5.32 Å². The molecule has 1 heterocycles. The van der Waals surface area contributed by atoms with Gasteiger partial charge in [0.2, 0.25) is 5.95 Å². The molecule has 0 saturated carbocycles. The maximum Gasteiger partial charge on any atom is 0.222 e. The van der Waals surface area contributed by atoms with E-state index >= 15 is 0 Å². The Balaban J connectivity index is 2.06. The molecule has 0 atom stereocenters. The lowest BCUT2D eigenvalue weighted by molar-refractivity contribution is -0.115. The number of carbonyl (C=O) groups is 1. The van der Waals surface area contributed by atoms with Crippen molar-refractivity contribution in [1.82, 2.24) is 15.2 Å². The predicted octanol–water partition coefficient (Wildman–Crippen LogP) is 0.853. The second kappa shape index (κ2) is 3.38. The molecule has 0 amide bonds. The summed E-state index contributed by atoms with van der Waals surface area (Å²) in [5, 5.41) is 9.37. The Morgan fingerprint density at radius 3 is 3.08 bits per heavy atom. The smallest absolute Gasteiger partial charge is 0.222 e. The summed E-state index contributed by atoms with van der Waals surface area (Å²) in [5.41, 5.74) is 0.910. The Hall–Kier alpha value is -1.65. The molecule has 1 aliphatic rings. The number of allylic oxidation sites excluding steroid dienone is 2. The normalized spacial score (nSPS) is 16.9. The Morgan fingerprint density at radius 1 is 1.46 bits per heavy atom. The van der Waals surface area contributed by atoms with Gasteiger partial charge in [-0.3, -0.25) is 4.79 Å². The molecule has 1 aromatic heterocycles. The van der Waals surface area contributed by atoms with Crippen LogP contribution in [0.4, 0.5) is 5.95 Å². The number of hydrogen-bond acceptors (Lipinski definition) is 4. The number of rotatable bonds is 2. The van der Waals surface area contributed by atoms with E-state index < -0.39 is 0 Å². The number of anilines is 1. The van der Waals surface area contributed by atoms with Gasteiger partial charge in [0.05, 0.1) is 0 Å². The largest absolute Gasteiger partial charge is 0.328 e. The second-order valence-corrected chi connectivity index (χ2v) is 2.95. The van der Waals surface area contributed by atoms with Crippen molar-refractivity contribution < 1.29 is 4.79 Å². The third kappa shape index (κ3) is 1.93. The van der Waals surface area contributed by atoms with E-state index in [0.29, 0.717) is 12.4 Å². The van der Waals surface area contributed by atoms with Crippen LogP contribution in [-0.2, 0) is 4.79 Å². The summed E-state index contributed by atoms with van der Waals surface area (Å²) in [4.78, 5) is 14.9. The zero-order valence-electron chi connectivity index (χ0n) is 7.08. The Labute approximate surface area is 75.3 Å². The summed E-state index contributed by atoms with van der Waals surface area (Å²) >= 11 is 0. The number of ketones is 1. The number of hydrogen-bond donors (Lipinski definition) is 2. The van der Waals surface area contributed by atoms with Gasteiger partial charge in [0.15, 0.2) is 5.78 Å². The van der Waals surface area contributed by atoms with Crippen molar-refractivity contribution in [3.8, 4) is 0 Å². The third-order valence-electron chi connectivity index (χ3n) is 1.90. The molecule has 2 N–H and O–H groups in total. The van der Waals surface area contributed by atoms with Gasteiger partial charge >= 0.3 is 0 Å². The topological polar surface area (TPSA) is 70.7 Å². The highest BCUT2D eigenvalue weighted by Crippen LogP contribution is 2.15. The molecular weight excluding hydrogens is 168 g/mol. The van der Waals surface area contributed by atoms with Gasteiger partial charge in [0, 0.05) is 18.2 Å². The Morgan fingerprint density at radius 2 is 2.38 bits per heavy atom. The summed E-state index contributed by atoms with van der Waals surface area (Å²) in [6, 6.07) is 0. The van der Waals surface area contributed by atoms with Crippen LogP contribution in [-0.4, -0.2) is 21.0 Å². The van der Waals surface area contributed by atoms with Crippen molar-refractivity contribution in [3.05, 3.63) is 18.1 Å². The first kappa shape index (κ1) is 7.97. The molecule has 0 radical (unpaired) electrons. The number of nitrogens with one attached hydrogen (secondary N) is 2. The molecule has 68 valence electrons. The maximum atomic E-state index is 11.0. The number of aromatic amines is 1. The van der Waals surface area contributed by atoms with E-state index in [0.717, 1.165) is 18.5 Å². The van der Waals surface area contributed by atoms with Gasteiger partial charge in [-0.05, 0) is 12.8 Å². The van der Waals surface area contributed by atoms with E-state index in [1.165, 1.54) is 6.33 Å². The first-order chi connectivity index (χ1) is 6.34. The summed E-state index contributed by atoms with van der Waals surface area (Å²) in [6.45, 7) is 0. The minimum Gasteiger partial charge on any atom is -0.328 e. The lowest BCUT2D eigenvalue weighted by atomic mass is 10.0. The van der Waals surface area contributed by atoms with Gasteiger partial charge < -0.3 is 5.32 Å². The minimum absolute atomic E-state index is 0.174. The van der Waals surface area contributed by atoms with E-state index in [1.54, 1.807) is 6.08 Å². The summed E-state index contributed by atoms with van der Waals surface area (Å²) in [7, 11) is 0. The number of nitrogens with zero attached hydrogens (tertiary/aromatic N) is 2. The van der Waals surface area contributed by atoms with Crippen molar-refractivity contribution in [2.24, 2.45) is 0 Å². The predicted molar refractivity (Wildman–Crippen MR) is 46.9 cm³/mol. The molecular formula is C8H10N4O. The van der Waals surface area contributed by atoms with Gasteiger partial charge in [0.25, 0.3) is 0 Å². The standard InChI is InChI=1S/C8H10N4O/c13-7-3-1-2-6(4-7)11-8-9-5-10-12-8/h4-5H,1-3H2,(H2,9,10,11,12). The van der Waals surface area contributed by atoms with Crippen LogP contribution in [0.25, 0.3) is 0 Å². The number of aromatic nitrogens is 3. The van der Waals surface area contributed by atoms with Gasteiger partial charge in [-0.25, -0.2) is 5.10 Å². The molecule has 5 nitrogen and oxygen atoms in total.